The van der Waals surface area contributed by atoms with E-state index in [1.54, 1.807) is 0 Å². The molecular weight excluding hydrogens is 531 g/mol. The van der Waals surface area contributed by atoms with Crippen LogP contribution < -0.4 is 5.73 Å². The van der Waals surface area contributed by atoms with Crippen molar-refractivity contribution in [3.05, 3.63) is 65.7 Å². The zero-order valence-electron chi connectivity index (χ0n) is 22.2. The van der Waals surface area contributed by atoms with E-state index in [2.05, 4.69) is 0 Å². The molecule has 0 unspecified atom stereocenters. The summed E-state index contributed by atoms with van der Waals surface area (Å²) in [6, 6.07) is 12.2. The number of ketones is 1. The van der Waals surface area contributed by atoms with Gasteiger partial charge in [0, 0.05) is 18.3 Å². The van der Waals surface area contributed by atoms with Crippen molar-refractivity contribution >= 4 is 21.6 Å². The normalized spacial score (nSPS) is 19.9. The van der Waals surface area contributed by atoms with Gasteiger partial charge >= 0.3 is 12.1 Å². The fraction of sp³-hybridized carbons (Fsp3) is 0.517. The highest BCUT2D eigenvalue weighted by Crippen LogP contribution is 2.35. The largest absolute Gasteiger partial charge is 0.464 e. The number of esters is 1. The van der Waals surface area contributed by atoms with Crippen molar-refractivity contribution in [2.45, 2.75) is 69.0 Å². The number of rotatable bonds is 11. The van der Waals surface area contributed by atoms with Crippen LogP contribution in [0.4, 0.5) is 13.2 Å². The summed E-state index contributed by atoms with van der Waals surface area (Å²) in [6.45, 7) is 3.69. The van der Waals surface area contributed by atoms with Crippen molar-refractivity contribution in [3.63, 3.8) is 0 Å². The van der Waals surface area contributed by atoms with Gasteiger partial charge < -0.3 is 10.5 Å². The van der Waals surface area contributed by atoms with E-state index in [1.807, 2.05) is 44.2 Å². The van der Waals surface area contributed by atoms with Crippen LogP contribution in [0.15, 0.2) is 59.5 Å². The molecule has 1 aliphatic carbocycles. The van der Waals surface area contributed by atoms with E-state index >= 15 is 0 Å². The predicted octanol–water partition coefficient (Wildman–Crippen LogP) is 5.56. The summed E-state index contributed by atoms with van der Waals surface area (Å²) < 4.78 is 69.5. The average molecular weight is 568 g/mol. The first-order valence-corrected chi connectivity index (χ1v) is 14.8. The molecule has 39 heavy (non-hydrogen) atoms. The minimum atomic E-state index is -4.53. The summed E-state index contributed by atoms with van der Waals surface area (Å²) in [6.07, 6.45) is -2.21. The van der Waals surface area contributed by atoms with Crippen LogP contribution in [0.2, 0.25) is 0 Å². The maximum atomic E-state index is 13.2. The molecule has 6 nitrogen and oxygen atoms in total. The number of halogens is 3. The molecule has 0 aliphatic heterocycles. The number of carbonyl (C=O) groups excluding carboxylic acids is 2. The number of nitrogens with two attached hydrogens (primary N) is 1. The molecule has 10 heteroatoms. The number of carbonyl (C=O) groups is 2. The van der Waals surface area contributed by atoms with Crippen molar-refractivity contribution in [2.75, 3.05) is 12.4 Å². The monoisotopic (exact) mass is 567 g/mol. The fourth-order valence-corrected chi connectivity index (χ4v) is 6.56. The predicted molar refractivity (Wildman–Crippen MR) is 142 cm³/mol. The summed E-state index contributed by atoms with van der Waals surface area (Å²) in [5.74, 6) is -1.44. The molecule has 2 atom stereocenters. The second kappa shape index (κ2) is 13.1. The third-order valence-electron chi connectivity index (χ3n) is 7.43. The smallest absolute Gasteiger partial charge is 0.416 e. The first kappa shape index (κ1) is 30.8. The van der Waals surface area contributed by atoms with Crippen molar-refractivity contribution in [1.82, 2.24) is 0 Å². The quantitative estimate of drug-likeness (QED) is 0.357. The lowest BCUT2D eigenvalue weighted by atomic mass is 9.78. The molecule has 0 radical (unpaired) electrons. The number of Topliss-reactive ketones (excluding diaryl/α,β-unsaturated/α-hetero) is 1. The fourth-order valence-electron chi connectivity index (χ4n) is 4.87. The molecular formula is C29H36F3NO5S. The minimum absolute atomic E-state index is 0.0374. The standard InChI is InChI=1S/C29H36F3NO5S/c1-19(2)27(33)28(35)38-17-23(21-6-4-3-5-7-21)16-26(34)22-10-8-20(9-11-22)18-39(36,37)25-14-12-24(13-15-25)29(30,31)32/h3-7,12-15,19-20,22-23,27H,8-11,16-18,33H2,1-2H3/t20?,22?,23-,27+/m1/s1. The molecule has 1 fully saturated rings. The zero-order chi connectivity index (χ0) is 28.8. The Hall–Kier alpha value is -2.72. The second-order valence-electron chi connectivity index (χ2n) is 10.7. The van der Waals surface area contributed by atoms with Gasteiger partial charge in [-0.1, -0.05) is 44.2 Å². The summed E-state index contributed by atoms with van der Waals surface area (Å²) >= 11 is 0. The molecule has 214 valence electrons. The maximum Gasteiger partial charge on any atom is 0.416 e. The van der Waals surface area contributed by atoms with Crippen LogP contribution in [0, 0.1) is 17.8 Å². The first-order valence-electron chi connectivity index (χ1n) is 13.2. The van der Waals surface area contributed by atoms with Crippen LogP contribution >= 0.6 is 0 Å². The molecule has 0 bridgehead atoms. The van der Waals surface area contributed by atoms with Crippen LogP contribution in [0.3, 0.4) is 0 Å². The Balaban J connectivity index is 1.57. The maximum absolute atomic E-state index is 13.2. The van der Waals surface area contributed by atoms with Crippen LogP contribution in [0.5, 0.6) is 0 Å². The Bertz CT molecular complexity index is 1210. The van der Waals surface area contributed by atoms with Gasteiger partial charge in [-0.25, -0.2) is 8.42 Å². The molecule has 0 saturated heterocycles. The average Bonchev–Trinajstić information content (AvgIpc) is 2.90. The van der Waals surface area contributed by atoms with Gasteiger partial charge in [0.1, 0.15) is 11.8 Å². The number of hydrogen-bond donors (Lipinski definition) is 1. The third kappa shape index (κ3) is 8.63. The molecule has 0 spiro atoms. The Kier molecular flexibility index (Phi) is 10.3. The second-order valence-corrected chi connectivity index (χ2v) is 12.7. The van der Waals surface area contributed by atoms with Crippen molar-refractivity contribution < 1.29 is 35.9 Å². The molecule has 3 rings (SSSR count). The van der Waals surface area contributed by atoms with E-state index in [-0.39, 0.29) is 53.1 Å². The topological polar surface area (TPSA) is 104 Å². The van der Waals surface area contributed by atoms with E-state index in [0.717, 1.165) is 29.8 Å². The molecule has 2 aromatic carbocycles. The highest BCUT2D eigenvalue weighted by molar-refractivity contribution is 7.91. The van der Waals surface area contributed by atoms with E-state index in [9.17, 15) is 31.2 Å². The summed E-state index contributed by atoms with van der Waals surface area (Å²) in [7, 11) is -3.75. The SMILES string of the molecule is CC(C)[C@H](N)C(=O)OC[C@@H](CC(=O)C1CCC(CS(=O)(=O)c2ccc(C(F)(F)F)cc2)CC1)c1ccccc1. The summed E-state index contributed by atoms with van der Waals surface area (Å²) in [5.41, 5.74) is 5.88. The number of benzene rings is 2. The highest BCUT2D eigenvalue weighted by atomic mass is 32.2. The Morgan fingerprint density at radius 2 is 1.56 bits per heavy atom. The van der Waals surface area contributed by atoms with Crippen LogP contribution in [0.25, 0.3) is 0 Å². The number of alkyl halides is 3. The molecule has 1 aliphatic rings. The minimum Gasteiger partial charge on any atom is -0.464 e. The van der Waals surface area contributed by atoms with E-state index in [4.69, 9.17) is 10.5 Å². The van der Waals surface area contributed by atoms with Gasteiger partial charge in [0.2, 0.25) is 0 Å². The molecule has 2 aromatic rings. The third-order valence-corrected chi connectivity index (χ3v) is 9.33. The molecule has 0 heterocycles. The van der Waals surface area contributed by atoms with Gasteiger partial charge in [-0.05, 0) is 67.3 Å². The molecule has 0 amide bonds. The summed E-state index contributed by atoms with van der Waals surface area (Å²) in [4.78, 5) is 25.4. The van der Waals surface area contributed by atoms with Crippen molar-refractivity contribution in [2.24, 2.45) is 23.5 Å². The molecule has 2 N–H and O–H groups in total. The highest BCUT2D eigenvalue weighted by Gasteiger charge is 2.33. The number of sulfone groups is 1. The van der Waals surface area contributed by atoms with Gasteiger partial charge in [-0.15, -0.1) is 0 Å². The van der Waals surface area contributed by atoms with Crippen molar-refractivity contribution in [3.8, 4) is 0 Å². The lowest BCUT2D eigenvalue weighted by Crippen LogP contribution is -2.37. The summed E-state index contributed by atoms with van der Waals surface area (Å²) in [5, 5.41) is 0. The number of hydrogen-bond acceptors (Lipinski definition) is 6. The first-order chi connectivity index (χ1) is 18.3. The van der Waals surface area contributed by atoms with Crippen LogP contribution in [-0.2, 0) is 30.3 Å². The van der Waals surface area contributed by atoms with Crippen LogP contribution in [-0.4, -0.2) is 38.6 Å². The lowest BCUT2D eigenvalue weighted by Gasteiger charge is -2.29. The Morgan fingerprint density at radius 1 is 0.974 bits per heavy atom. The van der Waals surface area contributed by atoms with Gasteiger partial charge in [0.15, 0.2) is 9.84 Å². The van der Waals surface area contributed by atoms with Crippen molar-refractivity contribution in [1.29, 1.82) is 0 Å². The molecule has 0 aromatic heterocycles. The van der Waals surface area contributed by atoms with E-state index in [0.29, 0.717) is 25.7 Å². The van der Waals surface area contributed by atoms with Gasteiger partial charge in [-0.2, -0.15) is 13.2 Å². The lowest BCUT2D eigenvalue weighted by molar-refractivity contribution is -0.147. The van der Waals surface area contributed by atoms with Crippen LogP contribution in [0.1, 0.15) is 63.0 Å². The zero-order valence-corrected chi connectivity index (χ0v) is 23.0. The van der Waals surface area contributed by atoms with E-state index < -0.39 is 33.6 Å². The van der Waals surface area contributed by atoms with E-state index in [1.165, 1.54) is 0 Å². The number of ether oxygens (including phenoxy) is 1. The molecule has 1 saturated carbocycles. The van der Waals surface area contributed by atoms with Gasteiger partial charge in [0.05, 0.1) is 22.8 Å². The Morgan fingerprint density at radius 3 is 2.10 bits per heavy atom. The Labute approximate surface area is 228 Å². The van der Waals surface area contributed by atoms with Gasteiger partial charge in [-0.3, -0.25) is 9.59 Å². The van der Waals surface area contributed by atoms with Gasteiger partial charge in [0.25, 0.3) is 0 Å².